The first-order valence-electron chi connectivity index (χ1n) is 7.58. The molecule has 1 aliphatic rings. The van der Waals surface area contributed by atoms with Crippen LogP contribution in [0, 0.1) is 5.41 Å². The van der Waals surface area contributed by atoms with Crippen LogP contribution in [0.4, 0.5) is 13.2 Å². The van der Waals surface area contributed by atoms with Crippen molar-refractivity contribution in [2.24, 2.45) is 5.41 Å². The molecule has 0 spiro atoms. The minimum absolute atomic E-state index is 0.0239. The van der Waals surface area contributed by atoms with Crippen LogP contribution in [0.2, 0.25) is 5.02 Å². The summed E-state index contributed by atoms with van der Waals surface area (Å²) in [7, 11) is 0. The largest absolute Gasteiger partial charge is 0.573 e. The number of benzene rings is 1. The molecule has 0 radical (unpaired) electrons. The lowest BCUT2D eigenvalue weighted by Crippen LogP contribution is -2.48. The molecule has 0 amide bonds. The van der Waals surface area contributed by atoms with E-state index in [4.69, 9.17) is 11.6 Å². The van der Waals surface area contributed by atoms with Crippen LogP contribution in [0.5, 0.6) is 5.75 Å². The Balaban J connectivity index is 2.30. The number of rotatable bonds is 3. The Morgan fingerprint density at radius 1 is 1.17 bits per heavy atom. The highest BCUT2D eigenvalue weighted by atomic mass is 35.5. The van der Waals surface area contributed by atoms with E-state index < -0.39 is 6.36 Å². The van der Waals surface area contributed by atoms with Crippen LogP contribution in [-0.2, 0) is 0 Å². The number of alkyl halides is 3. The van der Waals surface area contributed by atoms with Gasteiger partial charge in [0.25, 0.3) is 0 Å². The zero-order valence-corrected chi connectivity index (χ0v) is 14.3. The van der Waals surface area contributed by atoms with Gasteiger partial charge in [-0.15, -0.1) is 13.2 Å². The Labute approximate surface area is 139 Å². The van der Waals surface area contributed by atoms with Crippen molar-refractivity contribution in [3.63, 3.8) is 0 Å². The summed E-state index contributed by atoms with van der Waals surface area (Å²) in [6.07, 6.45) is -4.74. The normalized spacial score (nSPS) is 18.7. The quantitative estimate of drug-likeness (QED) is 0.882. The summed E-state index contributed by atoms with van der Waals surface area (Å²) in [6, 6.07) is 4.62. The average Bonchev–Trinajstić information content (AvgIpc) is 2.40. The maximum atomic E-state index is 12.4. The third kappa shape index (κ3) is 4.99. The number of nitrogens with zero attached hydrogens (tertiary/aromatic N) is 1. The molecule has 0 aromatic heterocycles. The Hall–Kier alpha value is -0.980. The maximum absolute atomic E-state index is 12.4. The third-order valence-electron chi connectivity index (χ3n) is 3.83. The molecule has 0 unspecified atom stereocenters. The highest BCUT2D eigenvalue weighted by Crippen LogP contribution is 2.41. The Morgan fingerprint density at radius 3 is 2.26 bits per heavy atom. The topological polar surface area (TPSA) is 24.5 Å². The fraction of sp³-hybridized carbons (Fsp3) is 0.625. The van der Waals surface area contributed by atoms with Gasteiger partial charge >= 0.3 is 6.36 Å². The summed E-state index contributed by atoms with van der Waals surface area (Å²) in [5.74, 6) is -0.365. The molecule has 0 saturated carbocycles. The van der Waals surface area contributed by atoms with Crippen molar-refractivity contribution < 1.29 is 17.9 Å². The molecule has 7 heteroatoms. The number of ether oxygens (including phenoxy) is 1. The zero-order chi connectivity index (χ0) is 17.3. The monoisotopic (exact) mass is 350 g/mol. The summed E-state index contributed by atoms with van der Waals surface area (Å²) in [5.41, 5.74) is 0.825. The first-order valence-corrected chi connectivity index (χ1v) is 7.96. The van der Waals surface area contributed by atoms with Crippen LogP contribution < -0.4 is 10.1 Å². The molecular weight excluding hydrogens is 329 g/mol. The van der Waals surface area contributed by atoms with E-state index in [-0.39, 0.29) is 22.2 Å². The number of hydrogen-bond donors (Lipinski definition) is 1. The van der Waals surface area contributed by atoms with Crippen molar-refractivity contribution in [3.05, 3.63) is 28.8 Å². The van der Waals surface area contributed by atoms with Gasteiger partial charge < -0.3 is 10.1 Å². The van der Waals surface area contributed by atoms with Crippen molar-refractivity contribution in [2.75, 3.05) is 26.2 Å². The van der Waals surface area contributed by atoms with Crippen LogP contribution in [-0.4, -0.2) is 37.4 Å². The first-order chi connectivity index (χ1) is 10.6. The fourth-order valence-electron chi connectivity index (χ4n) is 3.09. The second-order valence-electron chi connectivity index (χ2n) is 6.79. The lowest BCUT2D eigenvalue weighted by atomic mass is 9.81. The molecule has 23 heavy (non-hydrogen) atoms. The number of piperazine rings is 1. The third-order valence-corrected chi connectivity index (χ3v) is 4.13. The van der Waals surface area contributed by atoms with Crippen molar-refractivity contribution in [3.8, 4) is 5.75 Å². The van der Waals surface area contributed by atoms with Crippen LogP contribution in [0.15, 0.2) is 18.2 Å². The molecule has 1 atom stereocenters. The van der Waals surface area contributed by atoms with Gasteiger partial charge in [0.2, 0.25) is 0 Å². The molecule has 2 rings (SSSR count). The van der Waals surface area contributed by atoms with Crippen molar-refractivity contribution in [1.82, 2.24) is 10.2 Å². The van der Waals surface area contributed by atoms with Gasteiger partial charge in [0.05, 0.1) is 5.02 Å². The summed E-state index contributed by atoms with van der Waals surface area (Å²) < 4.78 is 41.0. The van der Waals surface area contributed by atoms with Crippen LogP contribution >= 0.6 is 11.6 Å². The lowest BCUT2D eigenvalue weighted by Gasteiger charge is -2.42. The molecule has 130 valence electrons. The lowest BCUT2D eigenvalue weighted by molar-refractivity contribution is -0.274. The molecule has 0 bridgehead atoms. The predicted molar refractivity (Wildman–Crippen MR) is 84.8 cm³/mol. The summed E-state index contributed by atoms with van der Waals surface area (Å²) in [4.78, 5) is 2.34. The van der Waals surface area contributed by atoms with Gasteiger partial charge in [-0.05, 0) is 23.1 Å². The van der Waals surface area contributed by atoms with E-state index in [0.29, 0.717) is 0 Å². The second-order valence-corrected chi connectivity index (χ2v) is 7.20. The summed E-state index contributed by atoms with van der Waals surface area (Å²) in [5, 5.41) is 3.28. The van der Waals surface area contributed by atoms with E-state index >= 15 is 0 Å². The van der Waals surface area contributed by atoms with Gasteiger partial charge in [0.1, 0.15) is 5.75 Å². The van der Waals surface area contributed by atoms with Gasteiger partial charge in [-0.25, -0.2) is 0 Å². The molecule has 1 fully saturated rings. The van der Waals surface area contributed by atoms with Crippen molar-refractivity contribution >= 4 is 11.6 Å². The number of halogens is 4. The minimum atomic E-state index is -4.74. The van der Waals surface area contributed by atoms with Crippen LogP contribution in [0.25, 0.3) is 0 Å². The van der Waals surface area contributed by atoms with E-state index in [9.17, 15) is 13.2 Å². The molecule has 1 aliphatic heterocycles. The maximum Gasteiger partial charge on any atom is 0.573 e. The van der Waals surface area contributed by atoms with E-state index in [1.54, 1.807) is 12.1 Å². The average molecular weight is 351 g/mol. The SMILES string of the molecule is CC(C)(C)[C@@H](c1ccc(OC(F)(F)F)c(Cl)c1)N1CCNCC1. The Morgan fingerprint density at radius 2 is 1.78 bits per heavy atom. The van der Waals surface area contributed by atoms with Crippen molar-refractivity contribution in [2.45, 2.75) is 33.2 Å². The van der Waals surface area contributed by atoms with Crippen LogP contribution in [0.3, 0.4) is 0 Å². The summed E-state index contributed by atoms with van der Waals surface area (Å²) >= 11 is 6.01. The van der Waals surface area contributed by atoms with Gasteiger partial charge in [-0.2, -0.15) is 0 Å². The van der Waals surface area contributed by atoms with Gasteiger partial charge in [-0.1, -0.05) is 38.4 Å². The molecule has 1 aromatic rings. The van der Waals surface area contributed by atoms with E-state index in [1.807, 2.05) is 0 Å². The standard InChI is InChI=1S/C16H22ClF3N2O/c1-15(2,3)14(22-8-6-21-7-9-22)11-4-5-13(12(17)10-11)23-16(18,19)20/h4-5,10,14,21H,6-9H2,1-3H3/t14-/m1/s1. The van der Waals surface area contributed by atoms with Gasteiger partial charge in [-0.3, -0.25) is 4.90 Å². The fourth-order valence-corrected chi connectivity index (χ4v) is 3.32. The number of nitrogens with one attached hydrogen (secondary N) is 1. The smallest absolute Gasteiger partial charge is 0.404 e. The van der Waals surface area contributed by atoms with Gasteiger partial charge in [0.15, 0.2) is 0 Å². The molecule has 0 aliphatic carbocycles. The molecule has 1 N–H and O–H groups in total. The van der Waals surface area contributed by atoms with E-state index in [0.717, 1.165) is 31.7 Å². The summed E-state index contributed by atoms with van der Waals surface area (Å²) in [6.45, 7) is 9.93. The van der Waals surface area contributed by atoms with E-state index in [2.05, 4.69) is 35.7 Å². The van der Waals surface area contributed by atoms with E-state index in [1.165, 1.54) is 6.07 Å². The Bertz CT molecular complexity index is 537. The molecular formula is C16H22ClF3N2O. The zero-order valence-electron chi connectivity index (χ0n) is 13.5. The molecule has 1 heterocycles. The second kappa shape index (κ2) is 6.87. The Kier molecular flexibility index (Phi) is 5.48. The molecule has 3 nitrogen and oxygen atoms in total. The highest BCUT2D eigenvalue weighted by Gasteiger charge is 2.35. The predicted octanol–water partition coefficient (Wildman–Crippen LogP) is 4.23. The van der Waals surface area contributed by atoms with Crippen molar-refractivity contribution in [1.29, 1.82) is 0 Å². The highest BCUT2D eigenvalue weighted by molar-refractivity contribution is 6.32. The minimum Gasteiger partial charge on any atom is -0.404 e. The van der Waals surface area contributed by atoms with Gasteiger partial charge in [0, 0.05) is 32.2 Å². The first kappa shape index (κ1) is 18.4. The number of hydrogen-bond acceptors (Lipinski definition) is 3. The van der Waals surface area contributed by atoms with Crippen LogP contribution in [0.1, 0.15) is 32.4 Å². The molecule has 1 saturated heterocycles. The molecule has 1 aromatic carbocycles.